The lowest BCUT2D eigenvalue weighted by atomic mass is 9.93. The number of aromatic nitrogens is 3. The van der Waals surface area contributed by atoms with Gasteiger partial charge in [-0.2, -0.15) is 4.98 Å². The average molecular weight is 512 g/mol. The molecule has 0 fully saturated rings. The molecule has 1 aromatic heterocycles. The Bertz CT molecular complexity index is 1530. The van der Waals surface area contributed by atoms with Gasteiger partial charge in [-0.3, -0.25) is 4.79 Å². The highest BCUT2D eigenvalue weighted by Crippen LogP contribution is 2.44. The van der Waals surface area contributed by atoms with Crippen LogP contribution >= 0.6 is 0 Å². The standard InChI is InChI=1S/C29H29N5O4/c1-17-11-9-10-14-20(17)27-32-29-30-18(2)25(28(35)31-19-12-7-6-8-13-19)26(34(29)33-27)21-15-23(37-4)24(38-5)16-22(21)36-3/h6-16,26H,1-5H3,(H,31,35)(H,30,32,33). The summed E-state index contributed by atoms with van der Waals surface area (Å²) in [4.78, 5) is 18.6. The van der Waals surface area contributed by atoms with Crippen molar-refractivity contribution in [1.82, 2.24) is 14.8 Å². The van der Waals surface area contributed by atoms with Gasteiger partial charge >= 0.3 is 0 Å². The smallest absolute Gasteiger partial charge is 0.255 e. The quantitative estimate of drug-likeness (QED) is 0.352. The van der Waals surface area contributed by atoms with E-state index in [0.29, 0.717) is 51.5 Å². The lowest BCUT2D eigenvalue weighted by molar-refractivity contribution is -0.113. The van der Waals surface area contributed by atoms with Crippen LogP contribution in [0.15, 0.2) is 78.0 Å². The molecule has 0 saturated heterocycles. The number of benzene rings is 3. The molecule has 4 aromatic rings. The van der Waals surface area contributed by atoms with Gasteiger partial charge in [-0.05, 0) is 37.6 Å². The summed E-state index contributed by atoms with van der Waals surface area (Å²) in [5.74, 6) is 2.32. The number of ether oxygens (including phenoxy) is 3. The number of carbonyl (C=O) groups is 1. The number of nitrogens with zero attached hydrogens (tertiary/aromatic N) is 3. The highest BCUT2D eigenvalue weighted by atomic mass is 16.5. The summed E-state index contributed by atoms with van der Waals surface area (Å²) in [6.07, 6.45) is 0. The van der Waals surface area contributed by atoms with Gasteiger partial charge in [-0.25, -0.2) is 4.68 Å². The number of fused-ring (bicyclic) bond motifs is 1. The van der Waals surface area contributed by atoms with Gasteiger partial charge < -0.3 is 24.8 Å². The summed E-state index contributed by atoms with van der Waals surface area (Å²) in [5, 5.41) is 11.2. The Balaban J connectivity index is 1.71. The Morgan fingerprint density at radius 3 is 2.24 bits per heavy atom. The molecule has 0 radical (unpaired) electrons. The first kappa shape index (κ1) is 24.9. The van der Waals surface area contributed by atoms with Crippen molar-refractivity contribution in [3.05, 3.63) is 89.1 Å². The second kappa shape index (κ2) is 10.3. The van der Waals surface area contributed by atoms with E-state index in [2.05, 4.69) is 10.6 Å². The van der Waals surface area contributed by atoms with E-state index in [-0.39, 0.29) is 5.91 Å². The molecule has 0 saturated carbocycles. The minimum Gasteiger partial charge on any atom is -0.496 e. The summed E-state index contributed by atoms with van der Waals surface area (Å²) >= 11 is 0. The zero-order chi connectivity index (χ0) is 26.8. The van der Waals surface area contributed by atoms with E-state index in [0.717, 1.165) is 11.1 Å². The fourth-order valence-electron chi connectivity index (χ4n) is 4.66. The first-order chi connectivity index (χ1) is 18.4. The largest absolute Gasteiger partial charge is 0.496 e. The van der Waals surface area contributed by atoms with Gasteiger partial charge in [0.2, 0.25) is 5.95 Å². The summed E-state index contributed by atoms with van der Waals surface area (Å²) in [7, 11) is 4.71. The van der Waals surface area contributed by atoms with Crippen molar-refractivity contribution >= 4 is 17.5 Å². The first-order valence-electron chi connectivity index (χ1n) is 12.1. The lowest BCUT2D eigenvalue weighted by Crippen LogP contribution is -2.31. The second-order valence-electron chi connectivity index (χ2n) is 8.85. The maximum atomic E-state index is 13.8. The zero-order valence-corrected chi connectivity index (χ0v) is 21.9. The van der Waals surface area contributed by atoms with Crippen LogP contribution in [-0.2, 0) is 4.79 Å². The van der Waals surface area contributed by atoms with E-state index in [1.165, 1.54) is 0 Å². The molecular weight excluding hydrogens is 482 g/mol. The van der Waals surface area contributed by atoms with Crippen LogP contribution in [0.5, 0.6) is 17.2 Å². The number of nitrogens with one attached hydrogen (secondary N) is 2. The van der Waals surface area contributed by atoms with Crippen LogP contribution < -0.4 is 24.8 Å². The van der Waals surface area contributed by atoms with Crippen LogP contribution in [-0.4, -0.2) is 42.0 Å². The van der Waals surface area contributed by atoms with E-state index in [4.69, 9.17) is 24.3 Å². The van der Waals surface area contributed by atoms with Crippen LogP contribution in [0.25, 0.3) is 11.4 Å². The molecule has 0 spiro atoms. The molecule has 2 heterocycles. The van der Waals surface area contributed by atoms with Crippen molar-refractivity contribution in [2.24, 2.45) is 0 Å². The molecule has 38 heavy (non-hydrogen) atoms. The van der Waals surface area contributed by atoms with E-state index >= 15 is 0 Å². The second-order valence-corrected chi connectivity index (χ2v) is 8.85. The number of methoxy groups -OCH3 is 3. The molecule has 1 aliphatic heterocycles. The molecule has 0 aliphatic carbocycles. The Labute approximate surface area is 221 Å². The highest BCUT2D eigenvalue weighted by molar-refractivity contribution is 6.06. The van der Waals surface area contributed by atoms with Crippen molar-refractivity contribution in [2.75, 3.05) is 32.0 Å². The summed E-state index contributed by atoms with van der Waals surface area (Å²) in [6, 6.07) is 20.1. The van der Waals surface area contributed by atoms with Gasteiger partial charge in [0.15, 0.2) is 17.3 Å². The number of carbonyl (C=O) groups excluding carboxylic acids is 1. The third-order valence-electron chi connectivity index (χ3n) is 6.55. The molecule has 1 amide bonds. The Kier molecular flexibility index (Phi) is 6.74. The van der Waals surface area contributed by atoms with Gasteiger partial charge in [0.05, 0.1) is 26.9 Å². The number of allylic oxidation sites excluding steroid dienone is 1. The molecular formula is C29H29N5O4. The molecule has 194 valence electrons. The van der Waals surface area contributed by atoms with E-state index in [1.54, 1.807) is 32.1 Å². The van der Waals surface area contributed by atoms with Crippen molar-refractivity contribution < 1.29 is 19.0 Å². The minimum absolute atomic E-state index is 0.276. The van der Waals surface area contributed by atoms with E-state index in [1.807, 2.05) is 74.5 Å². The molecule has 3 aromatic carbocycles. The molecule has 9 nitrogen and oxygen atoms in total. The Morgan fingerprint density at radius 2 is 1.55 bits per heavy atom. The van der Waals surface area contributed by atoms with Crippen molar-refractivity contribution in [2.45, 2.75) is 19.9 Å². The van der Waals surface area contributed by atoms with Gasteiger partial charge in [0.1, 0.15) is 11.8 Å². The average Bonchev–Trinajstić information content (AvgIpc) is 3.35. The van der Waals surface area contributed by atoms with E-state index < -0.39 is 6.04 Å². The summed E-state index contributed by atoms with van der Waals surface area (Å²) in [5.41, 5.74) is 4.42. The number of para-hydroxylation sites is 1. The monoisotopic (exact) mass is 511 g/mol. The molecule has 0 bridgehead atoms. The maximum absolute atomic E-state index is 13.8. The van der Waals surface area contributed by atoms with E-state index in [9.17, 15) is 4.79 Å². The van der Waals surface area contributed by atoms with Gasteiger partial charge in [0.25, 0.3) is 5.91 Å². The van der Waals surface area contributed by atoms with Crippen LogP contribution in [0.1, 0.15) is 24.1 Å². The predicted octanol–water partition coefficient (Wildman–Crippen LogP) is 5.21. The van der Waals surface area contributed by atoms with Gasteiger partial charge in [-0.1, -0.05) is 42.5 Å². The Hall–Kier alpha value is -4.79. The lowest BCUT2D eigenvalue weighted by Gasteiger charge is -2.30. The normalized spacial score (nSPS) is 14.4. The van der Waals surface area contributed by atoms with Crippen molar-refractivity contribution in [1.29, 1.82) is 0 Å². The Morgan fingerprint density at radius 1 is 0.895 bits per heavy atom. The molecule has 5 rings (SSSR count). The molecule has 2 N–H and O–H groups in total. The summed E-state index contributed by atoms with van der Waals surface area (Å²) in [6.45, 7) is 3.87. The number of anilines is 2. The fraction of sp³-hybridized carbons (Fsp3) is 0.207. The van der Waals surface area contributed by atoms with Crippen molar-refractivity contribution in [3.8, 4) is 28.6 Å². The number of hydrogen-bond donors (Lipinski definition) is 2. The van der Waals surface area contributed by atoms with Crippen LogP contribution in [0, 0.1) is 6.92 Å². The topological polar surface area (TPSA) is 99.5 Å². The fourth-order valence-corrected chi connectivity index (χ4v) is 4.66. The number of hydrogen-bond acceptors (Lipinski definition) is 7. The zero-order valence-electron chi connectivity index (χ0n) is 21.9. The number of aryl methyl sites for hydroxylation is 1. The maximum Gasteiger partial charge on any atom is 0.255 e. The minimum atomic E-state index is -0.671. The molecule has 9 heteroatoms. The van der Waals surface area contributed by atoms with Gasteiger partial charge in [-0.15, -0.1) is 5.10 Å². The third kappa shape index (κ3) is 4.43. The number of rotatable bonds is 7. The third-order valence-corrected chi connectivity index (χ3v) is 6.55. The molecule has 1 unspecified atom stereocenters. The van der Waals surface area contributed by atoms with Crippen LogP contribution in [0.2, 0.25) is 0 Å². The molecule has 1 aliphatic rings. The predicted molar refractivity (Wildman–Crippen MR) is 146 cm³/mol. The highest BCUT2D eigenvalue weighted by Gasteiger charge is 2.37. The van der Waals surface area contributed by atoms with Crippen LogP contribution in [0.4, 0.5) is 11.6 Å². The molecule has 1 atom stereocenters. The van der Waals surface area contributed by atoms with Crippen LogP contribution in [0.3, 0.4) is 0 Å². The van der Waals surface area contributed by atoms with Crippen molar-refractivity contribution in [3.63, 3.8) is 0 Å². The first-order valence-corrected chi connectivity index (χ1v) is 12.1. The SMILES string of the molecule is COc1cc(OC)c(C2C(C(=O)Nc3ccccc3)=C(C)Nc3nc(-c4ccccc4C)nn32)cc1OC. The summed E-state index contributed by atoms with van der Waals surface area (Å²) < 4.78 is 18.6. The van der Waals surface area contributed by atoms with Gasteiger partial charge in [0, 0.05) is 28.6 Å². The number of amides is 1.